The van der Waals surface area contributed by atoms with Gasteiger partial charge in [0.25, 0.3) is 0 Å². The van der Waals surface area contributed by atoms with E-state index in [1.54, 1.807) is 6.92 Å². The number of carbonyl (C=O) groups excluding carboxylic acids is 1. The van der Waals surface area contributed by atoms with Crippen LogP contribution < -0.4 is 4.74 Å². The highest BCUT2D eigenvalue weighted by Crippen LogP contribution is 2.14. The van der Waals surface area contributed by atoms with Crippen molar-refractivity contribution in [3.63, 3.8) is 0 Å². The van der Waals surface area contributed by atoms with Crippen LogP contribution >= 0.6 is 0 Å². The molecule has 1 unspecified atom stereocenters. The molecule has 1 atom stereocenters. The second-order valence-corrected chi connectivity index (χ2v) is 3.20. The first-order valence-corrected chi connectivity index (χ1v) is 4.51. The van der Waals surface area contributed by atoms with E-state index in [0.717, 1.165) is 0 Å². The first-order valence-electron chi connectivity index (χ1n) is 4.51. The lowest BCUT2D eigenvalue weighted by Crippen LogP contribution is -2.20. The second kappa shape index (κ2) is 4.59. The fourth-order valence-corrected chi connectivity index (χ4v) is 0.963. The Morgan fingerprint density at radius 1 is 1.27 bits per heavy atom. The van der Waals surface area contributed by atoms with Crippen LogP contribution in [0.1, 0.15) is 24.2 Å². The molecule has 0 radical (unpaired) electrons. The molecule has 0 spiro atoms. The van der Waals surface area contributed by atoms with Crippen molar-refractivity contribution in [3.05, 3.63) is 29.8 Å². The van der Waals surface area contributed by atoms with Crippen LogP contribution in [0.4, 0.5) is 0 Å². The van der Waals surface area contributed by atoms with E-state index >= 15 is 0 Å². The van der Waals surface area contributed by atoms with Crippen LogP contribution in [0.15, 0.2) is 24.3 Å². The summed E-state index contributed by atoms with van der Waals surface area (Å²) in [5, 5.41) is 8.65. The van der Waals surface area contributed by atoms with Crippen LogP contribution in [0, 0.1) is 0 Å². The zero-order valence-electron chi connectivity index (χ0n) is 8.56. The van der Waals surface area contributed by atoms with E-state index in [9.17, 15) is 9.59 Å². The Labute approximate surface area is 87.5 Å². The van der Waals surface area contributed by atoms with Gasteiger partial charge in [0.1, 0.15) is 5.75 Å². The number of rotatable bonds is 4. The molecule has 1 rings (SSSR count). The number of ketones is 1. The topological polar surface area (TPSA) is 63.6 Å². The SMILES string of the molecule is CC(=O)C(C)Oc1ccc(C(=O)O)cc1. The van der Waals surface area contributed by atoms with Crippen LogP contribution in [-0.4, -0.2) is 23.0 Å². The van der Waals surface area contributed by atoms with Crippen LogP contribution in [-0.2, 0) is 4.79 Å². The first-order chi connectivity index (χ1) is 7.00. The minimum atomic E-state index is -0.985. The van der Waals surface area contributed by atoms with Gasteiger partial charge in [0.15, 0.2) is 11.9 Å². The number of carboxylic acid groups (broad SMARTS) is 1. The van der Waals surface area contributed by atoms with Gasteiger partial charge in [-0.15, -0.1) is 0 Å². The van der Waals surface area contributed by atoms with Gasteiger partial charge < -0.3 is 9.84 Å². The molecule has 0 saturated heterocycles. The van der Waals surface area contributed by atoms with Crippen LogP contribution in [0.5, 0.6) is 5.75 Å². The minimum absolute atomic E-state index is 0.0719. The molecule has 0 aromatic heterocycles. The molecule has 0 aliphatic carbocycles. The zero-order chi connectivity index (χ0) is 11.4. The molecule has 0 fully saturated rings. The molecule has 1 N–H and O–H groups in total. The summed E-state index contributed by atoms with van der Waals surface area (Å²) in [5.41, 5.74) is 0.192. The summed E-state index contributed by atoms with van der Waals surface area (Å²) < 4.78 is 5.27. The van der Waals surface area contributed by atoms with Gasteiger partial charge in [0.05, 0.1) is 5.56 Å². The van der Waals surface area contributed by atoms with Gasteiger partial charge >= 0.3 is 5.97 Å². The first kappa shape index (κ1) is 11.2. The number of aromatic carboxylic acids is 1. The Morgan fingerprint density at radius 2 is 1.80 bits per heavy atom. The van der Waals surface area contributed by atoms with Gasteiger partial charge in [-0.25, -0.2) is 4.79 Å². The number of hydrogen-bond donors (Lipinski definition) is 1. The van der Waals surface area contributed by atoms with Crippen molar-refractivity contribution in [1.29, 1.82) is 0 Å². The molecule has 0 heterocycles. The molecule has 0 aliphatic heterocycles. The predicted molar refractivity (Wildman–Crippen MR) is 54.2 cm³/mol. The highest BCUT2D eigenvalue weighted by Gasteiger charge is 2.09. The summed E-state index contributed by atoms with van der Waals surface area (Å²) in [5.74, 6) is -0.568. The molecule has 0 aliphatic rings. The van der Waals surface area contributed by atoms with Gasteiger partial charge in [-0.05, 0) is 38.1 Å². The number of ether oxygens (including phenoxy) is 1. The third-order valence-electron chi connectivity index (χ3n) is 1.99. The molecule has 4 nitrogen and oxygen atoms in total. The van der Waals surface area contributed by atoms with Crippen molar-refractivity contribution >= 4 is 11.8 Å². The van der Waals surface area contributed by atoms with E-state index in [1.807, 2.05) is 0 Å². The van der Waals surface area contributed by atoms with E-state index in [2.05, 4.69) is 0 Å². The quantitative estimate of drug-likeness (QED) is 0.818. The number of Topliss-reactive ketones (excluding diaryl/α,β-unsaturated/α-hetero) is 1. The molecule has 4 heteroatoms. The van der Waals surface area contributed by atoms with E-state index < -0.39 is 12.1 Å². The summed E-state index contributed by atoms with van der Waals surface area (Å²) in [6.07, 6.45) is -0.513. The normalized spacial score (nSPS) is 11.9. The van der Waals surface area contributed by atoms with E-state index in [4.69, 9.17) is 9.84 Å². The Morgan fingerprint density at radius 3 is 2.20 bits per heavy atom. The van der Waals surface area contributed by atoms with Gasteiger partial charge in [-0.3, -0.25) is 4.79 Å². The van der Waals surface area contributed by atoms with Gasteiger partial charge in [0, 0.05) is 0 Å². The molecule has 0 saturated carbocycles. The summed E-state index contributed by atoms with van der Waals surface area (Å²) in [4.78, 5) is 21.5. The standard InChI is InChI=1S/C11H12O4/c1-7(12)8(2)15-10-5-3-9(4-6-10)11(13)14/h3-6,8H,1-2H3,(H,13,14). The number of benzene rings is 1. The van der Waals surface area contributed by atoms with Crippen molar-refractivity contribution < 1.29 is 19.4 Å². The number of carboxylic acids is 1. The summed E-state index contributed by atoms with van der Waals surface area (Å²) in [6.45, 7) is 3.09. The Bertz CT molecular complexity index is 367. The summed E-state index contributed by atoms with van der Waals surface area (Å²) >= 11 is 0. The largest absolute Gasteiger partial charge is 0.483 e. The van der Waals surface area contributed by atoms with Crippen LogP contribution in [0.3, 0.4) is 0 Å². The van der Waals surface area contributed by atoms with E-state index in [0.29, 0.717) is 5.75 Å². The zero-order valence-corrected chi connectivity index (χ0v) is 8.56. The molecular formula is C11H12O4. The smallest absolute Gasteiger partial charge is 0.335 e. The lowest BCUT2D eigenvalue weighted by molar-refractivity contribution is -0.122. The predicted octanol–water partition coefficient (Wildman–Crippen LogP) is 1.74. The van der Waals surface area contributed by atoms with Gasteiger partial charge in [-0.1, -0.05) is 0 Å². The van der Waals surface area contributed by atoms with E-state index in [-0.39, 0.29) is 11.3 Å². The summed E-state index contributed by atoms with van der Waals surface area (Å²) in [7, 11) is 0. The number of hydrogen-bond acceptors (Lipinski definition) is 3. The third kappa shape index (κ3) is 3.09. The molecular weight excluding hydrogens is 196 g/mol. The monoisotopic (exact) mass is 208 g/mol. The molecule has 0 amide bonds. The van der Waals surface area contributed by atoms with E-state index in [1.165, 1.54) is 31.2 Å². The Kier molecular flexibility index (Phi) is 3.44. The Balaban J connectivity index is 2.72. The molecule has 1 aromatic carbocycles. The maximum Gasteiger partial charge on any atom is 0.335 e. The fraction of sp³-hybridized carbons (Fsp3) is 0.273. The minimum Gasteiger partial charge on any atom is -0.483 e. The lowest BCUT2D eigenvalue weighted by Gasteiger charge is -2.11. The summed E-state index contributed by atoms with van der Waals surface area (Å²) in [6, 6.07) is 5.93. The van der Waals surface area contributed by atoms with Crippen LogP contribution in [0.25, 0.3) is 0 Å². The van der Waals surface area contributed by atoms with Crippen LogP contribution in [0.2, 0.25) is 0 Å². The molecule has 15 heavy (non-hydrogen) atoms. The van der Waals surface area contributed by atoms with Crippen molar-refractivity contribution in [2.75, 3.05) is 0 Å². The van der Waals surface area contributed by atoms with Crippen molar-refractivity contribution in [2.45, 2.75) is 20.0 Å². The highest BCUT2D eigenvalue weighted by molar-refractivity contribution is 5.87. The van der Waals surface area contributed by atoms with Crippen molar-refractivity contribution in [3.8, 4) is 5.75 Å². The van der Waals surface area contributed by atoms with Gasteiger partial charge in [0.2, 0.25) is 0 Å². The molecule has 1 aromatic rings. The Hall–Kier alpha value is -1.84. The average molecular weight is 208 g/mol. The van der Waals surface area contributed by atoms with Gasteiger partial charge in [-0.2, -0.15) is 0 Å². The van der Waals surface area contributed by atoms with Crippen molar-refractivity contribution in [1.82, 2.24) is 0 Å². The number of carbonyl (C=O) groups is 2. The average Bonchev–Trinajstić information content (AvgIpc) is 2.18. The fourth-order valence-electron chi connectivity index (χ4n) is 0.963. The highest BCUT2D eigenvalue weighted by atomic mass is 16.5. The lowest BCUT2D eigenvalue weighted by atomic mass is 10.2. The third-order valence-corrected chi connectivity index (χ3v) is 1.99. The maximum atomic E-state index is 10.9. The molecule has 80 valence electrons. The van der Waals surface area contributed by atoms with Crippen molar-refractivity contribution in [2.24, 2.45) is 0 Å². The maximum absolute atomic E-state index is 10.9. The second-order valence-electron chi connectivity index (χ2n) is 3.20. The molecule has 0 bridgehead atoms.